The van der Waals surface area contributed by atoms with E-state index in [1.165, 1.54) is 11.3 Å². The molecule has 3 N–H and O–H groups in total. The lowest BCUT2D eigenvalue weighted by Gasteiger charge is -2.12. The van der Waals surface area contributed by atoms with Crippen LogP contribution in [0.25, 0.3) is 10.2 Å². The van der Waals surface area contributed by atoms with Crippen molar-refractivity contribution >= 4 is 50.0 Å². The van der Waals surface area contributed by atoms with Crippen LogP contribution in [-0.4, -0.2) is 16.9 Å². The van der Waals surface area contributed by atoms with Crippen LogP contribution >= 0.6 is 11.3 Å². The van der Waals surface area contributed by atoms with Crippen molar-refractivity contribution in [1.82, 2.24) is 4.98 Å². The predicted molar refractivity (Wildman–Crippen MR) is 141 cm³/mol. The normalized spacial score (nSPS) is 10.8. The predicted octanol–water partition coefficient (Wildman–Crippen LogP) is 7.07. The third-order valence-corrected chi connectivity index (χ3v) is 6.51. The summed E-state index contributed by atoms with van der Waals surface area (Å²) < 4.78 is 0.826. The highest BCUT2D eigenvalue weighted by atomic mass is 32.1. The number of aryl methyl sites for hydroxylation is 4. The Morgan fingerprint density at radius 1 is 0.912 bits per heavy atom. The fourth-order valence-corrected chi connectivity index (χ4v) is 4.96. The first-order valence-corrected chi connectivity index (χ1v) is 12.1. The van der Waals surface area contributed by atoms with E-state index in [2.05, 4.69) is 40.0 Å². The first-order valence-electron chi connectivity index (χ1n) is 11.3. The van der Waals surface area contributed by atoms with Gasteiger partial charge in [-0.25, -0.2) is 9.78 Å². The number of carbonyl (C=O) groups excluding carboxylic acids is 2. The molecule has 3 aromatic carbocycles. The lowest BCUT2D eigenvalue weighted by molar-refractivity contribution is 0.102. The summed E-state index contributed by atoms with van der Waals surface area (Å²) in [6.45, 7) is 8.13. The number of nitrogens with one attached hydrogen (secondary N) is 3. The summed E-state index contributed by atoms with van der Waals surface area (Å²) >= 11 is 1.33. The summed E-state index contributed by atoms with van der Waals surface area (Å²) in [5.74, 6) is -0.176. The quantitative estimate of drug-likeness (QED) is 0.281. The number of benzene rings is 3. The zero-order valence-electron chi connectivity index (χ0n) is 19.8. The Hall–Kier alpha value is -3.71. The van der Waals surface area contributed by atoms with Crippen LogP contribution in [-0.2, 0) is 6.42 Å². The highest BCUT2D eigenvalue weighted by Crippen LogP contribution is 2.28. The molecule has 0 aliphatic carbocycles. The first kappa shape index (κ1) is 23.4. The van der Waals surface area contributed by atoms with E-state index >= 15 is 0 Å². The van der Waals surface area contributed by atoms with Crippen molar-refractivity contribution in [2.24, 2.45) is 0 Å². The molecule has 0 atom stereocenters. The van der Waals surface area contributed by atoms with Crippen LogP contribution in [0.3, 0.4) is 0 Å². The maximum Gasteiger partial charge on any atom is 0.325 e. The van der Waals surface area contributed by atoms with Crippen molar-refractivity contribution in [3.8, 4) is 0 Å². The molecule has 1 heterocycles. The maximum absolute atomic E-state index is 12.9. The van der Waals surface area contributed by atoms with Crippen LogP contribution in [0.4, 0.5) is 21.3 Å². The minimum Gasteiger partial charge on any atom is -0.322 e. The molecule has 174 valence electrons. The Kier molecular flexibility index (Phi) is 6.93. The number of hydrogen-bond acceptors (Lipinski definition) is 4. The molecule has 0 bridgehead atoms. The van der Waals surface area contributed by atoms with E-state index in [1.54, 1.807) is 18.2 Å². The SMILES string of the molecule is CCCc1ccccc1NC(=O)Nc1nc2ccc(C(=O)Nc3c(C)cc(C)cc3C)cc2s1. The number of rotatable bonds is 6. The molecule has 4 aromatic rings. The topological polar surface area (TPSA) is 83.1 Å². The molecular formula is C27H28N4O2S. The van der Waals surface area contributed by atoms with Crippen molar-refractivity contribution in [3.05, 3.63) is 82.4 Å². The fourth-order valence-electron chi connectivity index (χ4n) is 4.06. The molecule has 3 amide bonds. The Morgan fingerprint density at radius 3 is 2.38 bits per heavy atom. The van der Waals surface area contributed by atoms with Crippen molar-refractivity contribution < 1.29 is 9.59 Å². The lowest BCUT2D eigenvalue weighted by atomic mass is 10.0. The Balaban J connectivity index is 1.48. The number of aromatic nitrogens is 1. The van der Waals surface area contributed by atoms with Gasteiger partial charge in [0.25, 0.3) is 5.91 Å². The molecule has 0 spiro atoms. The zero-order chi connectivity index (χ0) is 24.2. The monoisotopic (exact) mass is 472 g/mol. The van der Waals surface area contributed by atoms with Crippen LogP contribution < -0.4 is 16.0 Å². The summed E-state index contributed by atoms with van der Waals surface area (Å²) in [5, 5.41) is 9.24. The summed E-state index contributed by atoms with van der Waals surface area (Å²) in [6.07, 6.45) is 1.89. The van der Waals surface area contributed by atoms with Gasteiger partial charge < -0.3 is 10.6 Å². The number of urea groups is 1. The smallest absolute Gasteiger partial charge is 0.322 e. The Morgan fingerprint density at radius 2 is 1.65 bits per heavy atom. The van der Waals surface area contributed by atoms with Gasteiger partial charge >= 0.3 is 6.03 Å². The highest BCUT2D eigenvalue weighted by molar-refractivity contribution is 7.22. The summed E-state index contributed by atoms with van der Waals surface area (Å²) in [7, 11) is 0. The van der Waals surface area contributed by atoms with Gasteiger partial charge in [0.05, 0.1) is 10.2 Å². The minimum absolute atomic E-state index is 0.176. The average Bonchev–Trinajstić information content (AvgIpc) is 3.18. The second kappa shape index (κ2) is 10.1. The highest BCUT2D eigenvalue weighted by Gasteiger charge is 2.14. The first-order chi connectivity index (χ1) is 16.3. The van der Waals surface area contributed by atoms with Crippen LogP contribution in [0.5, 0.6) is 0 Å². The molecule has 0 aliphatic heterocycles. The summed E-state index contributed by atoms with van der Waals surface area (Å²) in [6, 6.07) is 16.9. The van der Waals surface area contributed by atoms with Crippen molar-refractivity contribution in [3.63, 3.8) is 0 Å². The molecule has 34 heavy (non-hydrogen) atoms. The number of hydrogen-bond donors (Lipinski definition) is 3. The van der Waals surface area contributed by atoms with E-state index in [0.29, 0.717) is 10.7 Å². The summed E-state index contributed by atoms with van der Waals surface area (Å²) in [4.78, 5) is 30.0. The van der Waals surface area contributed by atoms with Gasteiger partial charge in [-0.3, -0.25) is 10.1 Å². The van der Waals surface area contributed by atoms with Crippen molar-refractivity contribution in [1.29, 1.82) is 0 Å². The number of carbonyl (C=O) groups is 2. The van der Waals surface area contributed by atoms with E-state index in [1.807, 2.05) is 45.0 Å². The number of nitrogens with zero attached hydrogens (tertiary/aromatic N) is 1. The molecule has 6 nitrogen and oxygen atoms in total. The maximum atomic E-state index is 12.9. The molecule has 0 aliphatic rings. The molecule has 0 saturated heterocycles. The van der Waals surface area contributed by atoms with Gasteiger partial charge in [0.1, 0.15) is 0 Å². The van der Waals surface area contributed by atoms with Crippen LogP contribution in [0, 0.1) is 20.8 Å². The van der Waals surface area contributed by atoms with Crippen LogP contribution in [0.1, 0.15) is 46.0 Å². The van der Waals surface area contributed by atoms with E-state index < -0.39 is 0 Å². The molecule has 0 unspecified atom stereocenters. The number of fused-ring (bicyclic) bond motifs is 1. The van der Waals surface area contributed by atoms with Crippen molar-refractivity contribution in [2.75, 3.05) is 16.0 Å². The average molecular weight is 473 g/mol. The molecule has 0 radical (unpaired) electrons. The van der Waals surface area contributed by atoms with Gasteiger partial charge in [0, 0.05) is 16.9 Å². The minimum atomic E-state index is -0.342. The Bertz CT molecular complexity index is 1350. The Labute approximate surface area is 203 Å². The second-order valence-corrected chi connectivity index (χ2v) is 9.45. The van der Waals surface area contributed by atoms with Crippen LogP contribution in [0.15, 0.2) is 54.6 Å². The lowest BCUT2D eigenvalue weighted by Crippen LogP contribution is -2.20. The molecular weight excluding hydrogens is 444 g/mol. The largest absolute Gasteiger partial charge is 0.325 e. The fraction of sp³-hybridized carbons (Fsp3) is 0.222. The molecule has 0 fully saturated rings. The van der Waals surface area contributed by atoms with Gasteiger partial charge in [-0.05, 0) is 68.1 Å². The van der Waals surface area contributed by atoms with Crippen molar-refractivity contribution in [2.45, 2.75) is 40.5 Å². The van der Waals surface area contributed by atoms with Crippen LogP contribution in [0.2, 0.25) is 0 Å². The summed E-state index contributed by atoms with van der Waals surface area (Å²) in [5.41, 5.74) is 7.22. The van der Waals surface area contributed by atoms with Gasteiger partial charge in [-0.15, -0.1) is 0 Å². The van der Waals surface area contributed by atoms with Gasteiger partial charge in [-0.2, -0.15) is 0 Å². The van der Waals surface area contributed by atoms with E-state index in [4.69, 9.17) is 0 Å². The number of anilines is 3. The van der Waals surface area contributed by atoms with Gasteiger partial charge in [0.15, 0.2) is 5.13 Å². The van der Waals surface area contributed by atoms with Gasteiger partial charge in [0.2, 0.25) is 0 Å². The molecule has 4 rings (SSSR count). The molecule has 1 aromatic heterocycles. The molecule has 0 saturated carbocycles. The molecule has 7 heteroatoms. The third-order valence-electron chi connectivity index (χ3n) is 5.57. The van der Waals surface area contributed by atoms with E-state index in [9.17, 15) is 9.59 Å². The zero-order valence-corrected chi connectivity index (χ0v) is 20.6. The standard InChI is InChI=1S/C27H28N4O2S/c1-5-8-19-9-6-7-10-21(19)28-26(33)31-27-29-22-12-11-20(15-23(22)34-27)25(32)30-24-17(3)13-16(2)14-18(24)4/h6-7,9-15H,5,8H2,1-4H3,(H,30,32)(H2,28,29,31,33). The number of para-hydroxylation sites is 1. The third kappa shape index (κ3) is 5.26. The van der Waals surface area contributed by atoms with E-state index in [0.717, 1.165) is 56.7 Å². The van der Waals surface area contributed by atoms with E-state index in [-0.39, 0.29) is 11.9 Å². The second-order valence-electron chi connectivity index (χ2n) is 8.42. The number of thiazole rings is 1. The number of amides is 3. The van der Waals surface area contributed by atoms with Gasteiger partial charge in [-0.1, -0.05) is 60.6 Å².